The van der Waals surface area contributed by atoms with Crippen molar-refractivity contribution in [1.82, 2.24) is 10.6 Å². The monoisotopic (exact) mass is 291 g/mol. The van der Waals surface area contributed by atoms with E-state index in [2.05, 4.69) is 10.6 Å². The van der Waals surface area contributed by atoms with Crippen molar-refractivity contribution in [3.63, 3.8) is 0 Å². The van der Waals surface area contributed by atoms with Crippen LogP contribution in [0.5, 0.6) is 0 Å². The molecule has 118 valence electrons. The van der Waals surface area contributed by atoms with Crippen molar-refractivity contribution in [1.29, 1.82) is 0 Å². The van der Waals surface area contributed by atoms with Crippen LogP contribution in [0.4, 0.5) is 0 Å². The van der Waals surface area contributed by atoms with Crippen molar-refractivity contribution in [2.45, 2.75) is 63.5 Å². The zero-order valence-corrected chi connectivity index (χ0v) is 12.9. The van der Waals surface area contributed by atoms with E-state index < -0.39 is 0 Å². The smallest absolute Gasteiger partial charge is 0.223 e. The lowest BCUT2D eigenvalue weighted by Crippen LogP contribution is -2.54. The molecule has 2 bridgehead atoms. The van der Waals surface area contributed by atoms with Gasteiger partial charge in [-0.05, 0) is 75.3 Å². The van der Waals surface area contributed by atoms with Crippen molar-refractivity contribution >= 4 is 5.91 Å². The summed E-state index contributed by atoms with van der Waals surface area (Å²) in [4.78, 5) is 12.7. The van der Waals surface area contributed by atoms with E-state index in [1.807, 2.05) is 0 Å². The minimum absolute atomic E-state index is 0.302. The van der Waals surface area contributed by atoms with Crippen LogP contribution in [-0.2, 0) is 4.79 Å². The second-order valence-electron chi connectivity index (χ2n) is 8.09. The average Bonchev–Trinajstić information content (AvgIpc) is 3.14. The maximum absolute atomic E-state index is 12.7. The summed E-state index contributed by atoms with van der Waals surface area (Å²) in [5, 5.41) is 6.87. The summed E-state index contributed by atoms with van der Waals surface area (Å²) < 4.78 is 0. The van der Waals surface area contributed by atoms with Gasteiger partial charge in [0.25, 0.3) is 0 Å². The average molecular weight is 291 g/mol. The highest BCUT2D eigenvalue weighted by Crippen LogP contribution is 2.58. The highest BCUT2D eigenvalue weighted by atomic mass is 16.2. The molecule has 4 aliphatic rings. The molecule has 4 heteroatoms. The van der Waals surface area contributed by atoms with Crippen LogP contribution >= 0.6 is 0 Å². The van der Waals surface area contributed by atoms with Crippen molar-refractivity contribution < 1.29 is 4.79 Å². The third-order valence-corrected chi connectivity index (χ3v) is 6.79. The Morgan fingerprint density at radius 2 is 1.81 bits per heavy atom. The first-order valence-electron chi connectivity index (χ1n) is 8.95. The van der Waals surface area contributed by atoms with Crippen LogP contribution in [0.15, 0.2) is 0 Å². The van der Waals surface area contributed by atoms with Crippen molar-refractivity contribution in [2.75, 3.05) is 13.1 Å². The number of piperidine rings is 1. The summed E-state index contributed by atoms with van der Waals surface area (Å²) in [7, 11) is 0. The van der Waals surface area contributed by atoms with Gasteiger partial charge in [-0.1, -0.05) is 6.42 Å². The number of hydrogen-bond donors (Lipinski definition) is 3. The van der Waals surface area contributed by atoms with Gasteiger partial charge in [-0.25, -0.2) is 0 Å². The van der Waals surface area contributed by atoms with E-state index in [0.29, 0.717) is 41.2 Å². The van der Waals surface area contributed by atoms with Gasteiger partial charge < -0.3 is 16.4 Å². The molecule has 3 saturated carbocycles. The van der Waals surface area contributed by atoms with Crippen molar-refractivity contribution in [2.24, 2.45) is 28.9 Å². The molecule has 21 heavy (non-hydrogen) atoms. The van der Waals surface area contributed by atoms with E-state index in [0.717, 1.165) is 32.4 Å². The Kier molecular flexibility index (Phi) is 3.49. The van der Waals surface area contributed by atoms with Crippen molar-refractivity contribution in [3.8, 4) is 0 Å². The van der Waals surface area contributed by atoms with Crippen LogP contribution in [0.3, 0.4) is 0 Å². The molecule has 0 aromatic heterocycles. The lowest BCUT2D eigenvalue weighted by molar-refractivity contribution is -0.125. The molecule has 1 saturated heterocycles. The van der Waals surface area contributed by atoms with Gasteiger partial charge in [-0.3, -0.25) is 4.79 Å². The van der Waals surface area contributed by atoms with E-state index in [4.69, 9.17) is 5.73 Å². The first-order chi connectivity index (χ1) is 10.2. The van der Waals surface area contributed by atoms with Crippen LogP contribution < -0.4 is 16.4 Å². The molecular formula is C17H29N3O. The van der Waals surface area contributed by atoms with E-state index in [9.17, 15) is 4.79 Å². The Balaban J connectivity index is 1.39. The van der Waals surface area contributed by atoms with Gasteiger partial charge >= 0.3 is 0 Å². The third kappa shape index (κ3) is 2.50. The second kappa shape index (κ2) is 5.24. The van der Waals surface area contributed by atoms with Gasteiger partial charge in [0, 0.05) is 18.0 Å². The van der Waals surface area contributed by atoms with E-state index in [1.165, 1.54) is 32.1 Å². The summed E-state index contributed by atoms with van der Waals surface area (Å²) in [5.41, 5.74) is 6.54. The third-order valence-electron chi connectivity index (χ3n) is 6.79. The highest BCUT2D eigenvalue weighted by molar-refractivity contribution is 5.83. The Morgan fingerprint density at radius 3 is 2.48 bits per heavy atom. The molecule has 1 aliphatic heterocycles. The molecule has 0 aromatic carbocycles. The molecule has 1 amide bonds. The number of carbonyl (C=O) groups is 1. The Hall–Kier alpha value is -0.610. The molecule has 3 aliphatic carbocycles. The number of nitrogens with one attached hydrogen (secondary N) is 2. The minimum Gasteiger partial charge on any atom is -0.353 e. The minimum atomic E-state index is 0.302. The zero-order chi connectivity index (χ0) is 14.4. The maximum atomic E-state index is 12.7. The molecule has 4 fully saturated rings. The van der Waals surface area contributed by atoms with Gasteiger partial charge in [-0.2, -0.15) is 0 Å². The maximum Gasteiger partial charge on any atom is 0.223 e. The fraction of sp³-hybridized carbons (Fsp3) is 0.941. The highest BCUT2D eigenvalue weighted by Gasteiger charge is 2.58. The number of fused-ring (bicyclic) bond motifs is 2. The summed E-state index contributed by atoms with van der Waals surface area (Å²) in [5.74, 6) is 1.93. The number of hydrogen-bond acceptors (Lipinski definition) is 3. The lowest BCUT2D eigenvalue weighted by atomic mass is 9.67. The van der Waals surface area contributed by atoms with Gasteiger partial charge in [0.15, 0.2) is 0 Å². The molecule has 0 aromatic rings. The SMILES string of the molecule is NC1CC2CCCC(C1)C2NC(=O)C1CC12CCNCC2. The molecule has 4 nitrogen and oxygen atoms in total. The number of amides is 1. The van der Waals surface area contributed by atoms with Crippen LogP contribution in [0.2, 0.25) is 0 Å². The van der Waals surface area contributed by atoms with Crippen LogP contribution in [0.1, 0.15) is 51.4 Å². The predicted molar refractivity (Wildman–Crippen MR) is 82.6 cm³/mol. The normalized spacial score (nSPS) is 44.3. The molecule has 3 unspecified atom stereocenters. The quantitative estimate of drug-likeness (QED) is 0.720. The largest absolute Gasteiger partial charge is 0.353 e. The summed E-state index contributed by atoms with van der Waals surface area (Å²) in [6, 6.07) is 0.788. The molecule has 1 heterocycles. The second-order valence-corrected chi connectivity index (χ2v) is 8.09. The molecule has 4 rings (SSSR count). The van der Waals surface area contributed by atoms with Gasteiger partial charge in [0.05, 0.1) is 0 Å². The van der Waals surface area contributed by atoms with Gasteiger partial charge in [-0.15, -0.1) is 0 Å². The van der Waals surface area contributed by atoms with Crippen LogP contribution in [0.25, 0.3) is 0 Å². The van der Waals surface area contributed by atoms with E-state index >= 15 is 0 Å². The topological polar surface area (TPSA) is 67.1 Å². The molecular weight excluding hydrogens is 262 g/mol. The summed E-state index contributed by atoms with van der Waals surface area (Å²) in [6.07, 6.45) is 9.57. The molecule has 4 N–H and O–H groups in total. The zero-order valence-electron chi connectivity index (χ0n) is 12.9. The first-order valence-corrected chi connectivity index (χ1v) is 8.95. The number of rotatable bonds is 2. The number of carbonyl (C=O) groups excluding carboxylic acids is 1. The molecule has 0 radical (unpaired) electrons. The molecule has 3 atom stereocenters. The fourth-order valence-corrected chi connectivity index (χ4v) is 5.49. The Bertz CT molecular complexity index is 404. The molecule has 1 spiro atoms. The van der Waals surface area contributed by atoms with Gasteiger partial charge in [0.1, 0.15) is 0 Å². The lowest BCUT2D eigenvalue weighted by Gasteiger charge is -2.45. The van der Waals surface area contributed by atoms with Gasteiger partial charge in [0.2, 0.25) is 5.91 Å². The van der Waals surface area contributed by atoms with E-state index in [1.54, 1.807) is 0 Å². The first kappa shape index (κ1) is 14.0. The Labute approximate surface area is 127 Å². The summed E-state index contributed by atoms with van der Waals surface area (Å²) in [6.45, 7) is 2.18. The van der Waals surface area contributed by atoms with E-state index in [-0.39, 0.29) is 0 Å². The predicted octanol–water partition coefficient (Wildman–Crippen LogP) is 1.40. The summed E-state index contributed by atoms with van der Waals surface area (Å²) >= 11 is 0. The Morgan fingerprint density at radius 1 is 1.14 bits per heavy atom. The number of nitrogens with two attached hydrogens (primary N) is 1. The standard InChI is InChI=1S/C17H29N3O/c18-13-8-11-2-1-3-12(9-13)15(11)20-16(21)14-10-17(14)4-6-19-7-5-17/h11-15,19H,1-10,18H2,(H,20,21). The van der Waals surface area contributed by atoms with Crippen LogP contribution in [-0.4, -0.2) is 31.1 Å². The van der Waals surface area contributed by atoms with Crippen LogP contribution in [0, 0.1) is 23.2 Å². The fourth-order valence-electron chi connectivity index (χ4n) is 5.49. The van der Waals surface area contributed by atoms with Crippen molar-refractivity contribution in [3.05, 3.63) is 0 Å².